The average Bonchev–Trinajstić information content (AvgIpc) is 3.35. The van der Waals surface area contributed by atoms with Crippen molar-refractivity contribution in [1.29, 1.82) is 0 Å². The normalized spacial score (nSPS) is 14.9. The Morgan fingerprint density at radius 3 is 2.25 bits per heavy atom. The Hall–Kier alpha value is -4.60. The van der Waals surface area contributed by atoms with Gasteiger partial charge in [0, 0.05) is 44.4 Å². The third-order valence-corrected chi connectivity index (χ3v) is 8.10. The van der Waals surface area contributed by atoms with Crippen molar-refractivity contribution in [1.82, 2.24) is 4.57 Å². The van der Waals surface area contributed by atoms with E-state index in [4.69, 9.17) is 0 Å². The first-order valence-corrected chi connectivity index (χ1v) is 14.3. The number of anilines is 2. The SMILES string of the molecule is C=C1/C=C\C=C/CN(c2ccccc2)c2ccc(-c3ccc4c5ccccc5n(-c5cccc(Br)c5)c4c3)cc21. The standard InChI is InChI=1S/C37H27BrN2/c1-26-11-4-3-9-22-39(30-13-5-2-6-14-30)35-21-19-27(23-34(26)35)28-18-20-33-32-16-7-8-17-36(32)40(37(33)24-28)31-15-10-12-29(38)25-31/h2-21,23-25H,1,22H2/b9-3-,11-4-. The molecule has 0 N–H and O–H groups in total. The molecule has 7 rings (SSSR count). The van der Waals surface area contributed by atoms with Crippen LogP contribution in [0.2, 0.25) is 0 Å². The zero-order valence-electron chi connectivity index (χ0n) is 22.0. The van der Waals surface area contributed by atoms with E-state index in [-0.39, 0.29) is 0 Å². The van der Waals surface area contributed by atoms with Crippen LogP contribution < -0.4 is 4.90 Å². The number of rotatable bonds is 3. The van der Waals surface area contributed by atoms with Gasteiger partial charge >= 0.3 is 0 Å². The Morgan fingerprint density at radius 1 is 0.625 bits per heavy atom. The highest BCUT2D eigenvalue weighted by molar-refractivity contribution is 9.10. The fourth-order valence-electron chi connectivity index (χ4n) is 5.71. The van der Waals surface area contributed by atoms with Gasteiger partial charge in [-0.1, -0.05) is 107 Å². The third-order valence-electron chi connectivity index (χ3n) is 7.61. The molecule has 0 radical (unpaired) electrons. The molecule has 6 aromatic rings. The first kappa shape index (κ1) is 24.4. The van der Waals surface area contributed by atoms with Crippen molar-refractivity contribution >= 4 is 54.7 Å². The summed E-state index contributed by atoms with van der Waals surface area (Å²) in [5.41, 5.74) is 10.3. The largest absolute Gasteiger partial charge is 0.337 e. The Labute approximate surface area is 242 Å². The first-order chi connectivity index (χ1) is 19.7. The molecular weight excluding hydrogens is 552 g/mol. The Bertz CT molecular complexity index is 1960. The molecule has 0 saturated carbocycles. The van der Waals surface area contributed by atoms with Gasteiger partial charge in [0.05, 0.1) is 11.0 Å². The highest BCUT2D eigenvalue weighted by atomic mass is 79.9. The molecule has 0 spiro atoms. The highest BCUT2D eigenvalue weighted by Crippen LogP contribution is 2.39. The van der Waals surface area contributed by atoms with Crippen LogP contribution in [-0.4, -0.2) is 11.1 Å². The van der Waals surface area contributed by atoms with E-state index in [0.29, 0.717) is 0 Å². The number of fused-ring (bicyclic) bond motifs is 4. The Kier molecular flexibility index (Phi) is 6.22. The molecule has 0 saturated heterocycles. The molecule has 0 aliphatic carbocycles. The van der Waals surface area contributed by atoms with Crippen LogP contribution in [0.15, 0.2) is 151 Å². The van der Waals surface area contributed by atoms with Crippen molar-refractivity contribution in [2.75, 3.05) is 11.4 Å². The summed E-state index contributed by atoms with van der Waals surface area (Å²) < 4.78 is 3.43. The van der Waals surface area contributed by atoms with E-state index in [1.165, 1.54) is 32.9 Å². The minimum Gasteiger partial charge on any atom is -0.337 e. The summed E-state index contributed by atoms with van der Waals surface area (Å²) in [6, 6.07) is 41.3. The lowest BCUT2D eigenvalue weighted by molar-refractivity contribution is 1.09. The molecule has 1 aliphatic heterocycles. The zero-order valence-corrected chi connectivity index (χ0v) is 23.6. The summed E-state index contributed by atoms with van der Waals surface area (Å²) in [6.45, 7) is 5.23. The van der Waals surface area contributed by atoms with Gasteiger partial charge in [0.25, 0.3) is 0 Å². The van der Waals surface area contributed by atoms with E-state index >= 15 is 0 Å². The number of halogens is 1. The van der Waals surface area contributed by atoms with E-state index in [2.05, 4.69) is 172 Å². The maximum atomic E-state index is 4.45. The second kappa shape index (κ2) is 10.2. The summed E-state index contributed by atoms with van der Waals surface area (Å²) in [5.74, 6) is 0. The van der Waals surface area contributed by atoms with Crippen LogP contribution in [0.1, 0.15) is 5.56 Å². The third kappa shape index (κ3) is 4.29. The molecule has 3 heteroatoms. The number of para-hydroxylation sites is 2. The van der Waals surface area contributed by atoms with Crippen LogP contribution in [0, 0.1) is 0 Å². The van der Waals surface area contributed by atoms with Gasteiger partial charge in [-0.05, 0) is 71.3 Å². The molecule has 5 aromatic carbocycles. The van der Waals surface area contributed by atoms with Crippen molar-refractivity contribution in [3.8, 4) is 16.8 Å². The molecule has 2 heterocycles. The molecule has 40 heavy (non-hydrogen) atoms. The van der Waals surface area contributed by atoms with Crippen molar-refractivity contribution in [2.45, 2.75) is 0 Å². The first-order valence-electron chi connectivity index (χ1n) is 13.5. The maximum Gasteiger partial charge on any atom is 0.0547 e. The zero-order chi connectivity index (χ0) is 27.1. The van der Waals surface area contributed by atoms with Crippen molar-refractivity contribution in [2.24, 2.45) is 0 Å². The number of allylic oxidation sites excluding steroid dienone is 4. The lowest BCUT2D eigenvalue weighted by atomic mass is 9.96. The molecule has 0 amide bonds. The predicted molar refractivity (Wildman–Crippen MR) is 175 cm³/mol. The van der Waals surface area contributed by atoms with E-state index in [1.807, 2.05) is 0 Å². The number of hydrogen-bond donors (Lipinski definition) is 0. The smallest absolute Gasteiger partial charge is 0.0547 e. The van der Waals surface area contributed by atoms with Crippen LogP contribution in [0.5, 0.6) is 0 Å². The summed E-state index contributed by atoms with van der Waals surface area (Å²) in [5, 5.41) is 2.50. The molecule has 1 aliphatic rings. The molecule has 0 atom stereocenters. The van der Waals surface area contributed by atoms with Crippen molar-refractivity contribution in [3.63, 3.8) is 0 Å². The summed E-state index contributed by atoms with van der Waals surface area (Å²) in [6.07, 6.45) is 8.47. The maximum absolute atomic E-state index is 4.45. The quantitative estimate of drug-likeness (QED) is 0.203. The number of nitrogens with zero attached hydrogens (tertiary/aromatic N) is 2. The van der Waals surface area contributed by atoms with E-state index in [1.54, 1.807) is 0 Å². The number of hydrogen-bond acceptors (Lipinski definition) is 1. The van der Waals surface area contributed by atoms with Crippen molar-refractivity contribution < 1.29 is 0 Å². The molecule has 0 bridgehead atoms. The monoisotopic (exact) mass is 578 g/mol. The second-order valence-electron chi connectivity index (χ2n) is 10.1. The minimum absolute atomic E-state index is 0.784. The minimum atomic E-state index is 0.784. The predicted octanol–water partition coefficient (Wildman–Crippen LogP) is 10.5. The number of aromatic nitrogens is 1. The van der Waals surface area contributed by atoms with Crippen LogP contribution in [-0.2, 0) is 0 Å². The molecule has 0 unspecified atom stereocenters. The summed E-state index contributed by atoms with van der Waals surface area (Å²) in [7, 11) is 0. The van der Waals surface area contributed by atoms with Crippen LogP contribution in [0.4, 0.5) is 11.4 Å². The van der Waals surface area contributed by atoms with Gasteiger partial charge in [0.2, 0.25) is 0 Å². The van der Waals surface area contributed by atoms with Crippen LogP contribution in [0.3, 0.4) is 0 Å². The van der Waals surface area contributed by atoms with Crippen LogP contribution in [0.25, 0.3) is 44.2 Å². The van der Waals surface area contributed by atoms with Crippen LogP contribution >= 0.6 is 15.9 Å². The van der Waals surface area contributed by atoms with E-state index in [9.17, 15) is 0 Å². The summed E-state index contributed by atoms with van der Waals surface area (Å²) >= 11 is 3.67. The molecular formula is C37H27BrN2. The molecule has 192 valence electrons. The van der Waals surface area contributed by atoms with Gasteiger partial charge in [0.1, 0.15) is 0 Å². The fraction of sp³-hybridized carbons (Fsp3) is 0.0270. The topological polar surface area (TPSA) is 8.17 Å². The van der Waals surface area contributed by atoms with Gasteiger partial charge < -0.3 is 9.47 Å². The lowest BCUT2D eigenvalue weighted by Crippen LogP contribution is -2.18. The highest BCUT2D eigenvalue weighted by Gasteiger charge is 2.17. The fourth-order valence-corrected chi connectivity index (χ4v) is 6.10. The van der Waals surface area contributed by atoms with Gasteiger partial charge in [-0.15, -0.1) is 0 Å². The Balaban J connectivity index is 1.42. The number of benzene rings is 5. The van der Waals surface area contributed by atoms with Gasteiger partial charge in [-0.2, -0.15) is 0 Å². The van der Waals surface area contributed by atoms with Gasteiger partial charge in [-0.25, -0.2) is 0 Å². The second-order valence-corrected chi connectivity index (χ2v) is 11.0. The Morgan fingerprint density at radius 2 is 1.38 bits per heavy atom. The van der Waals surface area contributed by atoms with E-state index in [0.717, 1.165) is 39.2 Å². The van der Waals surface area contributed by atoms with Gasteiger partial charge in [0.15, 0.2) is 0 Å². The molecule has 2 nitrogen and oxygen atoms in total. The average molecular weight is 580 g/mol. The van der Waals surface area contributed by atoms with E-state index < -0.39 is 0 Å². The van der Waals surface area contributed by atoms with Crippen molar-refractivity contribution in [3.05, 3.63) is 156 Å². The lowest BCUT2D eigenvalue weighted by Gasteiger charge is -2.27. The summed E-state index contributed by atoms with van der Waals surface area (Å²) in [4.78, 5) is 2.35. The molecule has 0 fully saturated rings. The molecule has 1 aromatic heterocycles. The van der Waals surface area contributed by atoms with Gasteiger partial charge in [-0.3, -0.25) is 0 Å².